The van der Waals surface area contributed by atoms with Gasteiger partial charge in [0, 0.05) is 29.0 Å². The standard InChI is InChI=1S/C19H18BrNO3/c20-15-6-7-17(22)16(12-15)19(24)21-10-8-14(9-11-21)18(23)13-4-2-1-3-5-13/h1-7,12,14,22H,8-11H2. The van der Waals surface area contributed by atoms with Crippen molar-refractivity contribution in [3.8, 4) is 5.75 Å². The van der Waals surface area contributed by atoms with E-state index >= 15 is 0 Å². The van der Waals surface area contributed by atoms with Crippen LogP contribution >= 0.6 is 15.9 Å². The molecule has 0 aliphatic carbocycles. The van der Waals surface area contributed by atoms with Crippen molar-refractivity contribution >= 4 is 27.6 Å². The van der Waals surface area contributed by atoms with Crippen LogP contribution in [-0.4, -0.2) is 34.8 Å². The fourth-order valence-electron chi connectivity index (χ4n) is 3.03. The third kappa shape index (κ3) is 3.51. The maximum absolute atomic E-state index is 12.6. The molecule has 0 radical (unpaired) electrons. The highest BCUT2D eigenvalue weighted by Crippen LogP contribution is 2.27. The molecular formula is C19H18BrNO3. The highest BCUT2D eigenvalue weighted by molar-refractivity contribution is 9.10. The van der Waals surface area contributed by atoms with Gasteiger partial charge >= 0.3 is 0 Å². The molecule has 3 rings (SSSR count). The Kier molecular flexibility index (Phi) is 5.00. The van der Waals surface area contributed by atoms with Gasteiger partial charge in [0.05, 0.1) is 5.56 Å². The normalized spacial score (nSPS) is 15.3. The average molecular weight is 388 g/mol. The molecule has 1 fully saturated rings. The lowest BCUT2D eigenvalue weighted by Crippen LogP contribution is -2.40. The molecule has 1 heterocycles. The van der Waals surface area contributed by atoms with Gasteiger partial charge in [0.25, 0.3) is 5.91 Å². The Morgan fingerprint density at radius 1 is 1.04 bits per heavy atom. The number of phenolic OH excluding ortho intramolecular Hbond substituents is 1. The first-order valence-electron chi connectivity index (χ1n) is 7.93. The second-order valence-electron chi connectivity index (χ2n) is 5.96. The Labute approximate surface area is 149 Å². The molecule has 2 aromatic rings. The Morgan fingerprint density at radius 2 is 1.71 bits per heavy atom. The lowest BCUT2D eigenvalue weighted by Gasteiger charge is -2.31. The van der Waals surface area contributed by atoms with Gasteiger partial charge in [0.15, 0.2) is 5.78 Å². The summed E-state index contributed by atoms with van der Waals surface area (Å²) in [4.78, 5) is 26.8. The largest absolute Gasteiger partial charge is 0.507 e. The molecule has 2 aromatic carbocycles. The van der Waals surface area contributed by atoms with Gasteiger partial charge in [-0.1, -0.05) is 46.3 Å². The van der Waals surface area contributed by atoms with Crippen molar-refractivity contribution in [1.82, 2.24) is 4.90 Å². The summed E-state index contributed by atoms with van der Waals surface area (Å²) in [5.41, 5.74) is 1.02. The lowest BCUT2D eigenvalue weighted by molar-refractivity contribution is 0.0647. The first kappa shape index (κ1) is 16.7. The molecule has 0 bridgehead atoms. The summed E-state index contributed by atoms with van der Waals surface area (Å²) >= 11 is 3.32. The summed E-state index contributed by atoms with van der Waals surface area (Å²) in [6.07, 6.45) is 1.29. The number of hydrogen-bond donors (Lipinski definition) is 1. The first-order valence-corrected chi connectivity index (χ1v) is 8.72. The van der Waals surface area contributed by atoms with E-state index in [-0.39, 0.29) is 28.9 Å². The second kappa shape index (κ2) is 7.18. The smallest absolute Gasteiger partial charge is 0.257 e. The van der Waals surface area contributed by atoms with Crippen molar-refractivity contribution in [2.75, 3.05) is 13.1 Å². The number of halogens is 1. The van der Waals surface area contributed by atoms with Crippen molar-refractivity contribution in [3.63, 3.8) is 0 Å². The van der Waals surface area contributed by atoms with Crippen LogP contribution < -0.4 is 0 Å². The molecule has 0 spiro atoms. The molecule has 0 unspecified atom stereocenters. The van der Waals surface area contributed by atoms with Crippen LogP contribution in [0, 0.1) is 5.92 Å². The number of carbonyl (C=O) groups is 2. The van der Waals surface area contributed by atoms with Gasteiger partial charge in [-0.3, -0.25) is 9.59 Å². The molecule has 1 N–H and O–H groups in total. The molecule has 1 aliphatic heterocycles. The van der Waals surface area contributed by atoms with E-state index in [2.05, 4.69) is 15.9 Å². The van der Waals surface area contributed by atoms with Crippen molar-refractivity contribution in [2.45, 2.75) is 12.8 Å². The maximum atomic E-state index is 12.6. The molecule has 24 heavy (non-hydrogen) atoms. The summed E-state index contributed by atoms with van der Waals surface area (Å²) < 4.78 is 0.748. The number of rotatable bonds is 3. The van der Waals surface area contributed by atoms with E-state index in [0.29, 0.717) is 25.9 Å². The van der Waals surface area contributed by atoms with E-state index < -0.39 is 0 Å². The molecular weight excluding hydrogens is 370 g/mol. The number of nitrogens with zero attached hydrogens (tertiary/aromatic N) is 1. The molecule has 1 saturated heterocycles. The fourth-order valence-corrected chi connectivity index (χ4v) is 3.39. The minimum atomic E-state index is -0.195. The first-order chi connectivity index (χ1) is 11.6. The summed E-state index contributed by atoms with van der Waals surface area (Å²) in [6, 6.07) is 14.1. The second-order valence-corrected chi connectivity index (χ2v) is 6.87. The molecule has 0 atom stereocenters. The van der Waals surface area contributed by atoms with Crippen LogP contribution in [0.25, 0.3) is 0 Å². The van der Waals surface area contributed by atoms with Gasteiger partial charge in [-0.05, 0) is 31.0 Å². The number of likely N-dealkylation sites (tertiary alicyclic amines) is 1. The van der Waals surface area contributed by atoms with Gasteiger partial charge < -0.3 is 10.0 Å². The van der Waals surface area contributed by atoms with Gasteiger partial charge in [-0.2, -0.15) is 0 Å². The van der Waals surface area contributed by atoms with E-state index in [1.165, 1.54) is 6.07 Å². The van der Waals surface area contributed by atoms with E-state index in [1.54, 1.807) is 17.0 Å². The van der Waals surface area contributed by atoms with Crippen molar-refractivity contribution in [1.29, 1.82) is 0 Å². The van der Waals surface area contributed by atoms with E-state index in [1.807, 2.05) is 30.3 Å². The number of aromatic hydroxyl groups is 1. The van der Waals surface area contributed by atoms with Gasteiger partial charge in [0.1, 0.15) is 5.75 Å². The molecule has 1 amide bonds. The van der Waals surface area contributed by atoms with Crippen molar-refractivity contribution < 1.29 is 14.7 Å². The lowest BCUT2D eigenvalue weighted by atomic mass is 9.88. The van der Waals surface area contributed by atoms with Crippen LogP contribution in [-0.2, 0) is 0 Å². The van der Waals surface area contributed by atoms with Gasteiger partial charge in [0.2, 0.25) is 0 Å². The highest BCUT2D eigenvalue weighted by atomic mass is 79.9. The molecule has 0 aromatic heterocycles. The number of ketones is 1. The van der Waals surface area contributed by atoms with Crippen LogP contribution in [0.2, 0.25) is 0 Å². The van der Waals surface area contributed by atoms with Crippen LogP contribution in [0.4, 0.5) is 0 Å². The Morgan fingerprint density at radius 3 is 2.38 bits per heavy atom. The molecule has 124 valence electrons. The highest BCUT2D eigenvalue weighted by Gasteiger charge is 2.29. The topological polar surface area (TPSA) is 57.6 Å². The third-order valence-electron chi connectivity index (χ3n) is 4.40. The molecule has 1 aliphatic rings. The number of amides is 1. The average Bonchev–Trinajstić information content (AvgIpc) is 2.63. The number of Topliss-reactive ketones (excluding diaryl/α,β-unsaturated/α-hetero) is 1. The van der Waals surface area contributed by atoms with Gasteiger partial charge in [-0.15, -0.1) is 0 Å². The zero-order valence-corrected chi connectivity index (χ0v) is 14.7. The Balaban J connectivity index is 1.66. The predicted octanol–water partition coefficient (Wildman–Crippen LogP) is 3.89. The fraction of sp³-hybridized carbons (Fsp3) is 0.263. The van der Waals surface area contributed by atoms with Crippen LogP contribution in [0.5, 0.6) is 5.75 Å². The summed E-state index contributed by atoms with van der Waals surface area (Å²) in [5.74, 6) is -0.120. The zero-order valence-electron chi connectivity index (χ0n) is 13.1. The number of benzene rings is 2. The quantitative estimate of drug-likeness (QED) is 0.812. The Hall–Kier alpha value is -2.14. The number of piperidine rings is 1. The number of carbonyl (C=O) groups excluding carboxylic acids is 2. The monoisotopic (exact) mass is 387 g/mol. The minimum absolute atomic E-state index is 0.0225. The zero-order chi connectivity index (χ0) is 17.1. The van der Waals surface area contributed by atoms with Crippen LogP contribution in [0.1, 0.15) is 33.6 Å². The number of hydrogen-bond acceptors (Lipinski definition) is 3. The predicted molar refractivity (Wildman–Crippen MR) is 95.2 cm³/mol. The van der Waals surface area contributed by atoms with E-state index in [4.69, 9.17) is 0 Å². The molecule has 0 saturated carbocycles. The third-order valence-corrected chi connectivity index (χ3v) is 4.89. The van der Waals surface area contributed by atoms with Crippen LogP contribution in [0.15, 0.2) is 53.0 Å². The van der Waals surface area contributed by atoms with Crippen molar-refractivity contribution in [2.24, 2.45) is 5.92 Å². The number of phenols is 1. The van der Waals surface area contributed by atoms with Crippen molar-refractivity contribution in [3.05, 3.63) is 64.1 Å². The van der Waals surface area contributed by atoms with E-state index in [0.717, 1.165) is 10.0 Å². The minimum Gasteiger partial charge on any atom is -0.507 e. The molecule has 5 heteroatoms. The summed E-state index contributed by atoms with van der Waals surface area (Å²) in [6.45, 7) is 1.04. The molecule has 4 nitrogen and oxygen atoms in total. The maximum Gasteiger partial charge on any atom is 0.257 e. The SMILES string of the molecule is O=C(c1ccccc1)C1CCN(C(=O)c2cc(Br)ccc2O)CC1. The van der Waals surface area contributed by atoms with Crippen LogP contribution in [0.3, 0.4) is 0 Å². The Bertz CT molecular complexity index is 752. The van der Waals surface area contributed by atoms with E-state index in [9.17, 15) is 14.7 Å². The summed E-state index contributed by atoms with van der Waals surface area (Å²) in [7, 11) is 0. The van der Waals surface area contributed by atoms with Gasteiger partial charge in [-0.25, -0.2) is 0 Å². The summed E-state index contributed by atoms with van der Waals surface area (Å²) in [5, 5.41) is 9.90.